The van der Waals surface area contributed by atoms with Gasteiger partial charge in [0, 0.05) is 20.0 Å². The van der Waals surface area contributed by atoms with Crippen LogP contribution in [0.4, 0.5) is 0 Å². The second-order valence-corrected chi connectivity index (χ2v) is 6.23. The van der Waals surface area contributed by atoms with Crippen molar-refractivity contribution in [1.82, 2.24) is 20.1 Å². The summed E-state index contributed by atoms with van der Waals surface area (Å²) in [6.45, 7) is 2.54. The average molecular weight is 306 g/mol. The summed E-state index contributed by atoms with van der Waals surface area (Å²) in [5.41, 5.74) is 1.26. The highest BCUT2D eigenvalue weighted by Gasteiger charge is 2.39. The second-order valence-electron chi connectivity index (χ2n) is 6.23. The van der Waals surface area contributed by atoms with Crippen LogP contribution in [0.2, 0.25) is 0 Å². The van der Waals surface area contributed by atoms with E-state index in [0.717, 1.165) is 32.2 Å². The summed E-state index contributed by atoms with van der Waals surface area (Å²) in [6, 6.07) is 0.266. The Morgan fingerprint density at radius 3 is 2.77 bits per heavy atom. The molecule has 3 rings (SSSR count). The number of aryl methyl sites for hydroxylation is 1. The summed E-state index contributed by atoms with van der Waals surface area (Å²) in [4.78, 5) is 28.5. The average Bonchev–Trinajstić information content (AvgIpc) is 2.84. The van der Waals surface area contributed by atoms with Crippen LogP contribution in [0.15, 0.2) is 4.63 Å². The first-order chi connectivity index (χ1) is 10.6. The molecule has 2 fully saturated rings. The van der Waals surface area contributed by atoms with Crippen molar-refractivity contribution in [2.75, 3.05) is 13.6 Å². The smallest absolute Gasteiger partial charge is 0.229 e. The predicted molar refractivity (Wildman–Crippen MR) is 77.9 cm³/mol. The van der Waals surface area contributed by atoms with Crippen LogP contribution in [-0.4, -0.2) is 57.6 Å². The topological polar surface area (TPSA) is 79.5 Å². The van der Waals surface area contributed by atoms with Crippen LogP contribution in [0.25, 0.3) is 0 Å². The molecular weight excluding hydrogens is 284 g/mol. The van der Waals surface area contributed by atoms with Crippen molar-refractivity contribution in [3.8, 4) is 0 Å². The normalized spacial score (nSPS) is 25.8. The number of carbonyl (C=O) groups excluding carboxylic acids is 2. The van der Waals surface area contributed by atoms with Gasteiger partial charge in [0.05, 0.1) is 18.5 Å². The van der Waals surface area contributed by atoms with Crippen molar-refractivity contribution in [2.24, 2.45) is 0 Å². The van der Waals surface area contributed by atoms with Crippen molar-refractivity contribution in [3.63, 3.8) is 0 Å². The van der Waals surface area contributed by atoms with Crippen molar-refractivity contribution < 1.29 is 14.2 Å². The molecule has 0 aromatic carbocycles. The number of hydrogen-bond acceptors (Lipinski definition) is 5. The molecular formula is C15H22N4O3. The highest BCUT2D eigenvalue weighted by Crippen LogP contribution is 2.29. The van der Waals surface area contributed by atoms with Gasteiger partial charge in [0.1, 0.15) is 11.4 Å². The number of likely N-dealkylation sites (N-methyl/N-ethyl adjacent to an activating group) is 1. The fraction of sp³-hybridized carbons (Fsp3) is 0.733. The van der Waals surface area contributed by atoms with E-state index in [2.05, 4.69) is 14.9 Å². The van der Waals surface area contributed by atoms with E-state index in [1.165, 1.54) is 0 Å². The van der Waals surface area contributed by atoms with E-state index >= 15 is 0 Å². The number of piperidine rings is 1. The van der Waals surface area contributed by atoms with Crippen LogP contribution in [0, 0.1) is 6.92 Å². The molecule has 7 nitrogen and oxygen atoms in total. The Labute approximate surface area is 129 Å². The van der Waals surface area contributed by atoms with Gasteiger partial charge in [-0.05, 0) is 32.6 Å². The quantitative estimate of drug-likeness (QED) is 0.812. The van der Waals surface area contributed by atoms with Crippen LogP contribution >= 0.6 is 0 Å². The van der Waals surface area contributed by atoms with E-state index < -0.39 is 0 Å². The number of nitrogens with zero attached hydrogens (tertiary/aromatic N) is 4. The molecule has 0 radical (unpaired) electrons. The van der Waals surface area contributed by atoms with Crippen LogP contribution in [0.5, 0.6) is 0 Å². The SMILES string of the molecule is Cc1nonc1CC(=O)N1CCC[C@@H]2[C@H]1CCCC(=O)N2C. The number of carbonyl (C=O) groups is 2. The predicted octanol–water partition coefficient (Wildman–Crippen LogP) is 0.922. The molecule has 0 unspecified atom stereocenters. The summed E-state index contributed by atoms with van der Waals surface area (Å²) in [6.07, 6.45) is 4.44. The molecule has 22 heavy (non-hydrogen) atoms. The second kappa shape index (κ2) is 6.06. The lowest BCUT2D eigenvalue weighted by Crippen LogP contribution is -2.56. The molecule has 3 heterocycles. The van der Waals surface area contributed by atoms with Crippen LogP contribution in [0.1, 0.15) is 43.5 Å². The minimum absolute atomic E-state index is 0.0521. The van der Waals surface area contributed by atoms with Crippen LogP contribution in [0.3, 0.4) is 0 Å². The lowest BCUT2D eigenvalue weighted by molar-refractivity contribution is -0.140. The number of fused-ring (bicyclic) bond motifs is 1. The first-order valence-corrected chi connectivity index (χ1v) is 7.91. The van der Waals surface area contributed by atoms with Crippen molar-refractivity contribution in [2.45, 2.75) is 57.5 Å². The highest BCUT2D eigenvalue weighted by molar-refractivity contribution is 5.80. The number of aromatic nitrogens is 2. The molecule has 0 bridgehead atoms. The summed E-state index contributed by atoms with van der Waals surface area (Å²) >= 11 is 0. The zero-order valence-electron chi connectivity index (χ0n) is 13.1. The number of rotatable bonds is 2. The minimum atomic E-state index is 0.0521. The van der Waals surface area contributed by atoms with E-state index in [1.54, 1.807) is 6.92 Å². The van der Waals surface area contributed by atoms with Gasteiger partial charge >= 0.3 is 0 Å². The zero-order valence-corrected chi connectivity index (χ0v) is 13.1. The zero-order chi connectivity index (χ0) is 15.7. The summed E-state index contributed by atoms with van der Waals surface area (Å²) in [5, 5.41) is 7.53. The van der Waals surface area contributed by atoms with Gasteiger partial charge in [0.2, 0.25) is 11.8 Å². The molecule has 120 valence electrons. The van der Waals surface area contributed by atoms with Crippen LogP contribution in [-0.2, 0) is 16.0 Å². The third kappa shape index (κ3) is 2.71. The lowest BCUT2D eigenvalue weighted by Gasteiger charge is -2.43. The van der Waals surface area contributed by atoms with Gasteiger partial charge in [0.15, 0.2) is 0 Å². The molecule has 2 saturated heterocycles. The molecule has 0 saturated carbocycles. The van der Waals surface area contributed by atoms with Gasteiger partial charge in [-0.25, -0.2) is 4.63 Å². The summed E-state index contributed by atoms with van der Waals surface area (Å²) in [7, 11) is 1.87. The van der Waals surface area contributed by atoms with Gasteiger partial charge in [-0.2, -0.15) is 0 Å². The number of likely N-dealkylation sites (tertiary alicyclic amines) is 2. The van der Waals surface area contributed by atoms with Gasteiger partial charge in [-0.3, -0.25) is 9.59 Å². The van der Waals surface area contributed by atoms with Crippen molar-refractivity contribution in [1.29, 1.82) is 0 Å². The van der Waals surface area contributed by atoms with Crippen molar-refractivity contribution >= 4 is 11.8 Å². The third-order valence-electron chi connectivity index (χ3n) is 4.91. The molecule has 2 aliphatic heterocycles. The first-order valence-electron chi connectivity index (χ1n) is 7.91. The molecule has 2 amide bonds. The molecule has 0 aliphatic carbocycles. The standard InChI is InChI=1S/C15H22N4O3/c1-10-11(17-22-16-10)9-15(21)19-8-4-6-12-13(19)5-3-7-14(20)18(12)2/h12-13H,3-9H2,1-2H3/t12-,13-/m1/s1. The van der Waals surface area contributed by atoms with E-state index in [1.807, 2.05) is 16.8 Å². The third-order valence-corrected chi connectivity index (χ3v) is 4.91. The van der Waals surface area contributed by atoms with Gasteiger partial charge < -0.3 is 9.80 Å². The molecule has 7 heteroatoms. The highest BCUT2D eigenvalue weighted by atomic mass is 16.6. The monoisotopic (exact) mass is 306 g/mol. The Hall–Kier alpha value is -1.92. The molecule has 2 atom stereocenters. The van der Waals surface area contributed by atoms with Gasteiger partial charge in [0.25, 0.3) is 0 Å². The van der Waals surface area contributed by atoms with Crippen molar-refractivity contribution in [3.05, 3.63) is 11.4 Å². The molecule has 1 aromatic rings. The maximum atomic E-state index is 12.7. The molecule has 2 aliphatic rings. The maximum absolute atomic E-state index is 12.7. The maximum Gasteiger partial charge on any atom is 0.229 e. The Morgan fingerprint density at radius 1 is 1.27 bits per heavy atom. The number of hydrogen-bond donors (Lipinski definition) is 0. The molecule has 1 aromatic heterocycles. The number of amides is 2. The fourth-order valence-electron chi connectivity index (χ4n) is 3.62. The Bertz CT molecular complexity index is 571. The minimum Gasteiger partial charge on any atom is -0.341 e. The molecule has 0 spiro atoms. The molecule has 0 N–H and O–H groups in total. The van der Waals surface area contributed by atoms with E-state index in [-0.39, 0.29) is 30.3 Å². The Kier molecular flexibility index (Phi) is 4.13. The lowest BCUT2D eigenvalue weighted by atomic mass is 9.92. The Morgan fingerprint density at radius 2 is 2.05 bits per heavy atom. The summed E-state index contributed by atoms with van der Waals surface area (Å²) in [5.74, 6) is 0.245. The van der Waals surface area contributed by atoms with Gasteiger partial charge in [-0.1, -0.05) is 10.3 Å². The van der Waals surface area contributed by atoms with E-state index in [0.29, 0.717) is 17.8 Å². The van der Waals surface area contributed by atoms with Crippen LogP contribution < -0.4 is 0 Å². The first kappa shape index (κ1) is 15.0. The van der Waals surface area contributed by atoms with E-state index in [4.69, 9.17) is 0 Å². The van der Waals surface area contributed by atoms with Gasteiger partial charge in [-0.15, -0.1) is 0 Å². The van der Waals surface area contributed by atoms with E-state index in [9.17, 15) is 9.59 Å². The summed E-state index contributed by atoms with van der Waals surface area (Å²) < 4.78 is 4.67. The Balaban J connectivity index is 1.76. The largest absolute Gasteiger partial charge is 0.341 e. The fourth-order valence-corrected chi connectivity index (χ4v) is 3.62.